The van der Waals surface area contributed by atoms with Crippen LogP contribution in [-0.2, 0) is 4.79 Å². The molecule has 2 amide bonds. The number of nitrogens with zero attached hydrogens (tertiary/aromatic N) is 4. The van der Waals surface area contributed by atoms with Crippen LogP contribution in [-0.4, -0.2) is 87.3 Å². The van der Waals surface area contributed by atoms with E-state index in [1.54, 1.807) is 9.80 Å². The largest absolute Gasteiger partial charge is 0.507 e. The van der Waals surface area contributed by atoms with Gasteiger partial charge in [0.15, 0.2) is 11.6 Å². The highest BCUT2D eigenvalue weighted by atomic mass is 19.1. The monoisotopic (exact) mass is 514 g/mol. The molecule has 37 heavy (non-hydrogen) atoms. The first kappa shape index (κ1) is 24.9. The molecule has 2 aromatic rings. The minimum atomic E-state index is -1.08. The SMILES string of the molecule is C=CC(=O)N1CCN2C(=O)c3c(N4C[C@H](O)CC4(C)C)nc(-c4c(O)cccc4F)c(F)c3OC[C@H]2C1. The summed E-state index contributed by atoms with van der Waals surface area (Å²) in [5, 5.41) is 20.8. The van der Waals surface area contributed by atoms with E-state index in [-0.39, 0.29) is 50.1 Å². The van der Waals surface area contributed by atoms with Gasteiger partial charge in [-0.25, -0.2) is 13.8 Å². The van der Waals surface area contributed by atoms with Crippen molar-refractivity contribution >= 4 is 17.6 Å². The first-order chi connectivity index (χ1) is 17.5. The molecule has 0 bridgehead atoms. The Bertz CT molecular complexity index is 1280. The van der Waals surface area contributed by atoms with Crippen LogP contribution in [0.15, 0.2) is 30.9 Å². The minimum absolute atomic E-state index is 0.0332. The number of halogens is 2. The lowest BCUT2D eigenvalue weighted by atomic mass is 9.99. The van der Waals surface area contributed by atoms with Gasteiger partial charge in [0.25, 0.3) is 5.91 Å². The summed E-state index contributed by atoms with van der Waals surface area (Å²) in [6, 6.07) is 3.01. The van der Waals surface area contributed by atoms with E-state index in [2.05, 4.69) is 11.6 Å². The van der Waals surface area contributed by atoms with E-state index in [0.29, 0.717) is 6.42 Å². The number of carbonyl (C=O) groups is 2. The van der Waals surface area contributed by atoms with Crippen molar-refractivity contribution in [1.29, 1.82) is 0 Å². The molecule has 11 heteroatoms. The first-order valence-corrected chi connectivity index (χ1v) is 12.1. The van der Waals surface area contributed by atoms with Crippen molar-refractivity contribution in [3.8, 4) is 22.8 Å². The molecule has 1 aromatic carbocycles. The lowest BCUT2D eigenvalue weighted by Crippen LogP contribution is -2.57. The number of β-amino-alcohol motifs (C(OH)–C–C–N with tert-alkyl or cyclic N) is 1. The van der Waals surface area contributed by atoms with Gasteiger partial charge in [-0.15, -0.1) is 0 Å². The average Bonchev–Trinajstić information content (AvgIpc) is 3.04. The van der Waals surface area contributed by atoms with Gasteiger partial charge in [-0.2, -0.15) is 0 Å². The highest BCUT2D eigenvalue weighted by Crippen LogP contribution is 2.45. The van der Waals surface area contributed by atoms with Crippen molar-refractivity contribution in [3.63, 3.8) is 0 Å². The molecular weight excluding hydrogens is 486 g/mol. The van der Waals surface area contributed by atoms with Gasteiger partial charge < -0.3 is 29.6 Å². The van der Waals surface area contributed by atoms with Crippen molar-refractivity contribution in [3.05, 3.63) is 48.1 Å². The highest BCUT2D eigenvalue weighted by molar-refractivity contribution is 6.03. The molecule has 2 atom stereocenters. The van der Waals surface area contributed by atoms with E-state index in [9.17, 15) is 24.2 Å². The Balaban J connectivity index is 1.70. The zero-order chi connectivity index (χ0) is 26.6. The molecule has 2 N–H and O–H groups in total. The van der Waals surface area contributed by atoms with E-state index >= 15 is 4.39 Å². The number of fused-ring (bicyclic) bond motifs is 2. The number of aromatic hydroxyl groups is 1. The fourth-order valence-electron chi connectivity index (χ4n) is 5.47. The second-order valence-corrected chi connectivity index (χ2v) is 10.2. The molecule has 0 saturated carbocycles. The molecule has 4 heterocycles. The van der Waals surface area contributed by atoms with Gasteiger partial charge in [0.2, 0.25) is 5.91 Å². The summed E-state index contributed by atoms with van der Waals surface area (Å²) >= 11 is 0. The van der Waals surface area contributed by atoms with Crippen molar-refractivity contribution in [2.75, 3.05) is 37.7 Å². The topological polar surface area (TPSA) is 106 Å². The smallest absolute Gasteiger partial charge is 0.262 e. The van der Waals surface area contributed by atoms with Crippen molar-refractivity contribution < 1.29 is 33.3 Å². The third-order valence-electron chi connectivity index (χ3n) is 7.28. The number of anilines is 1. The number of aliphatic hydroxyl groups is 1. The zero-order valence-electron chi connectivity index (χ0n) is 20.6. The van der Waals surface area contributed by atoms with Crippen LogP contribution in [0.3, 0.4) is 0 Å². The number of piperazine rings is 1. The van der Waals surface area contributed by atoms with Crippen LogP contribution in [0.1, 0.15) is 30.6 Å². The lowest BCUT2D eigenvalue weighted by Gasteiger charge is -2.40. The van der Waals surface area contributed by atoms with Gasteiger partial charge in [-0.05, 0) is 38.5 Å². The standard InChI is InChI=1S/C26H28F2N4O5/c1-4-18(35)30-8-9-31-14(11-30)13-37-23-20(25(31)36)24(32-12-15(33)10-26(32,2)3)29-22(21(23)28)19-16(27)6-5-7-17(19)34/h4-7,14-15,33-34H,1,8-13H2,2-3H3/t14-,15-/m1/s1. The number of phenols is 1. The summed E-state index contributed by atoms with van der Waals surface area (Å²) in [6.07, 6.45) is 0.825. The second-order valence-electron chi connectivity index (χ2n) is 10.2. The minimum Gasteiger partial charge on any atom is -0.507 e. The molecular formula is C26H28F2N4O5. The number of pyridine rings is 1. The third kappa shape index (κ3) is 4.07. The van der Waals surface area contributed by atoms with Gasteiger partial charge in [-0.3, -0.25) is 9.59 Å². The molecule has 9 nitrogen and oxygen atoms in total. The molecule has 2 fully saturated rings. The average molecular weight is 515 g/mol. The molecule has 0 unspecified atom stereocenters. The highest BCUT2D eigenvalue weighted by Gasteiger charge is 2.45. The van der Waals surface area contributed by atoms with Gasteiger partial charge >= 0.3 is 0 Å². The summed E-state index contributed by atoms with van der Waals surface area (Å²) in [6.45, 7) is 7.83. The van der Waals surface area contributed by atoms with Crippen LogP contribution in [0.25, 0.3) is 11.3 Å². The Hall–Kier alpha value is -3.73. The summed E-state index contributed by atoms with van der Waals surface area (Å²) in [5.74, 6) is -3.68. The first-order valence-electron chi connectivity index (χ1n) is 12.1. The lowest BCUT2D eigenvalue weighted by molar-refractivity contribution is -0.128. The fraction of sp³-hybridized carbons (Fsp3) is 0.423. The normalized spacial score (nSPS) is 22.7. The number of hydrogen-bond donors (Lipinski definition) is 2. The van der Waals surface area contributed by atoms with Gasteiger partial charge in [0.05, 0.1) is 17.7 Å². The Morgan fingerprint density at radius 1 is 1.24 bits per heavy atom. The molecule has 0 radical (unpaired) electrons. The van der Waals surface area contributed by atoms with E-state index in [4.69, 9.17) is 4.74 Å². The van der Waals surface area contributed by atoms with Crippen LogP contribution in [0, 0.1) is 11.6 Å². The van der Waals surface area contributed by atoms with Gasteiger partial charge in [-0.1, -0.05) is 12.6 Å². The third-order valence-corrected chi connectivity index (χ3v) is 7.28. The number of phenolic OH excluding ortho intramolecular Hbond substituents is 1. The molecule has 0 spiro atoms. The maximum atomic E-state index is 16.0. The molecule has 196 valence electrons. The Kier molecular flexibility index (Phi) is 6.06. The molecule has 3 aliphatic heterocycles. The van der Waals surface area contributed by atoms with E-state index in [1.807, 2.05) is 13.8 Å². The second kappa shape index (κ2) is 8.98. The van der Waals surface area contributed by atoms with Gasteiger partial charge in [0.1, 0.15) is 35.2 Å². The summed E-state index contributed by atoms with van der Waals surface area (Å²) in [4.78, 5) is 35.3. The van der Waals surface area contributed by atoms with E-state index in [0.717, 1.165) is 6.07 Å². The number of aliphatic hydroxyl groups excluding tert-OH is 1. The molecule has 5 rings (SSSR count). The number of rotatable bonds is 3. The predicted octanol–water partition coefficient (Wildman–Crippen LogP) is 2.31. The molecule has 3 aliphatic rings. The number of amides is 2. The summed E-state index contributed by atoms with van der Waals surface area (Å²) in [7, 11) is 0. The maximum Gasteiger partial charge on any atom is 0.262 e. The number of hydrogen-bond acceptors (Lipinski definition) is 7. The van der Waals surface area contributed by atoms with Crippen molar-refractivity contribution in [2.24, 2.45) is 0 Å². The number of benzene rings is 1. The predicted molar refractivity (Wildman–Crippen MR) is 130 cm³/mol. The van der Waals surface area contributed by atoms with Gasteiger partial charge in [0, 0.05) is 31.7 Å². The summed E-state index contributed by atoms with van der Waals surface area (Å²) in [5.41, 5.74) is -1.77. The summed E-state index contributed by atoms with van der Waals surface area (Å²) < 4.78 is 36.8. The van der Waals surface area contributed by atoms with Crippen LogP contribution in [0.4, 0.5) is 14.6 Å². The van der Waals surface area contributed by atoms with Crippen LogP contribution in [0.5, 0.6) is 11.5 Å². The Morgan fingerprint density at radius 3 is 2.65 bits per heavy atom. The van der Waals surface area contributed by atoms with E-state index < -0.39 is 58.0 Å². The van der Waals surface area contributed by atoms with Crippen molar-refractivity contribution in [2.45, 2.75) is 38.0 Å². The number of aromatic nitrogens is 1. The van der Waals surface area contributed by atoms with Crippen LogP contribution in [0.2, 0.25) is 0 Å². The Morgan fingerprint density at radius 2 is 2.00 bits per heavy atom. The zero-order valence-corrected chi connectivity index (χ0v) is 20.6. The number of carbonyl (C=O) groups excluding carboxylic acids is 2. The van der Waals surface area contributed by atoms with Crippen LogP contribution >= 0.6 is 0 Å². The molecule has 1 aromatic heterocycles. The molecule has 0 aliphatic carbocycles. The Labute approximate surface area is 212 Å². The van der Waals surface area contributed by atoms with Crippen LogP contribution < -0.4 is 9.64 Å². The molecule has 2 saturated heterocycles. The number of ether oxygens (including phenoxy) is 1. The van der Waals surface area contributed by atoms with Crippen molar-refractivity contribution in [1.82, 2.24) is 14.8 Å². The fourth-order valence-corrected chi connectivity index (χ4v) is 5.47. The maximum absolute atomic E-state index is 16.0. The van der Waals surface area contributed by atoms with E-state index in [1.165, 1.54) is 23.1 Å². The quantitative estimate of drug-likeness (QED) is 0.606.